The molecule has 0 radical (unpaired) electrons. The lowest BCUT2D eigenvalue weighted by Crippen LogP contribution is -2.35. The zero-order valence-corrected chi connectivity index (χ0v) is 16.7. The summed E-state index contributed by atoms with van der Waals surface area (Å²) in [5.74, 6) is 1.09. The molecule has 2 aromatic heterocycles. The van der Waals surface area contributed by atoms with E-state index in [0.717, 1.165) is 33.8 Å². The number of ether oxygens (including phenoxy) is 1. The highest BCUT2D eigenvalue weighted by Gasteiger charge is 2.26. The van der Waals surface area contributed by atoms with Crippen LogP contribution in [0, 0.1) is 0 Å². The SMILES string of the molecule is O=C(CSc1ccncc1)NCC1Cc2cc(-c3ccsc3)cc(Cl)c2O1. The van der Waals surface area contributed by atoms with Gasteiger partial charge in [-0.15, -0.1) is 11.8 Å². The van der Waals surface area contributed by atoms with Gasteiger partial charge < -0.3 is 10.1 Å². The molecule has 1 aliphatic rings. The minimum Gasteiger partial charge on any atom is -0.486 e. The van der Waals surface area contributed by atoms with Gasteiger partial charge in [-0.3, -0.25) is 9.78 Å². The fraction of sp³-hybridized carbons (Fsp3) is 0.200. The highest BCUT2D eigenvalue weighted by molar-refractivity contribution is 8.00. The van der Waals surface area contributed by atoms with Crippen LogP contribution in [0.15, 0.2) is 58.4 Å². The van der Waals surface area contributed by atoms with Crippen molar-refractivity contribution in [1.29, 1.82) is 0 Å². The minimum absolute atomic E-state index is 0.0126. The normalized spacial score (nSPS) is 15.2. The van der Waals surface area contributed by atoms with Crippen molar-refractivity contribution in [3.63, 3.8) is 0 Å². The molecule has 4 nitrogen and oxygen atoms in total. The van der Waals surface area contributed by atoms with Crippen molar-refractivity contribution < 1.29 is 9.53 Å². The lowest BCUT2D eigenvalue weighted by molar-refractivity contribution is -0.118. The zero-order valence-electron chi connectivity index (χ0n) is 14.4. The maximum atomic E-state index is 12.1. The lowest BCUT2D eigenvalue weighted by atomic mass is 10.0. The summed E-state index contributed by atoms with van der Waals surface area (Å²) >= 11 is 9.57. The number of thiophene rings is 1. The number of hydrogen-bond donors (Lipinski definition) is 1. The third kappa shape index (κ3) is 4.46. The van der Waals surface area contributed by atoms with Crippen LogP contribution < -0.4 is 10.1 Å². The molecular weight excluding hydrogens is 400 g/mol. The van der Waals surface area contributed by atoms with Gasteiger partial charge in [0.05, 0.1) is 17.3 Å². The first-order valence-corrected chi connectivity index (χ1v) is 10.8. The second-order valence-corrected chi connectivity index (χ2v) is 8.41. The van der Waals surface area contributed by atoms with E-state index >= 15 is 0 Å². The van der Waals surface area contributed by atoms with Crippen molar-refractivity contribution in [3.8, 4) is 16.9 Å². The van der Waals surface area contributed by atoms with Crippen LogP contribution in [0.2, 0.25) is 5.02 Å². The molecule has 1 amide bonds. The number of carbonyl (C=O) groups is 1. The van der Waals surface area contributed by atoms with Gasteiger partial charge in [0.25, 0.3) is 0 Å². The van der Waals surface area contributed by atoms with E-state index in [2.05, 4.69) is 33.2 Å². The van der Waals surface area contributed by atoms with E-state index in [4.69, 9.17) is 16.3 Å². The Bertz CT molecular complexity index is 933. The number of pyridine rings is 1. The summed E-state index contributed by atoms with van der Waals surface area (Å²) in [6, 6.07) is 9.93. The quantitative estimate of drug-likeness (QED) is 0.593. The average molecular weight is 417 g/mol. The fourth-order valence-electron chi connectivity index (χ4n) is 2.96. The standard InChI is InChI=1S/C20H17ClN2O2S2/c21-18-9-14(13-3-6-26-11-13)7-15-8-16(25-20(15)18)10-23-19(24)12-27-17-1-4-22-5-2-17/h1-7,9,11,16H,8,10,12H2,(H,23,24). The molecule has 0 bridgehead atoms. The van der Waals surface area contributed by atoms with E-state index in [1.165, 1.54) is 11.8 Å². The first-order valence-electron chi connectivity index (χ1n) is 8.50. The van der Waals surface area contributed by atoms with E-state index < -0.39 is 0 Å². The van der Waals surface area contributed by atoms with Crippen LogP contribution in [0.5, 0.6) is 5.75 Å². The Kier molecular flexibility index (Phi) is 5.66. The maximum Gasteiger partial charge on any atom is 0.230 e. The molecule has 0 fully saturated rings. The first-order chi connectivity index (χ1) is 13.2. The number of carbonyl (C=O) groups excluding carboxylic acids is 1. The van der Waals surface area contributed by atoms with Gasteiger partial charge in [-0.25, -0.2) is 0 Å². The second-order valence-electron chi connectivity index (χ2n) is 6.18. The van der Waals surface area contributed by atoms with Gasteiger partial charge in [0.1, 0.15) is 11.9 Å². The molecule has 4 rings (SSSR count). The van der Waals surface area contributed by atoms with Crippen molar-refractivity contribution in [2.45, 2.75) is 17.4 Å². The summed E-state index contributed by atoms with van der Waals surface area (Å²) in [4.78, 5) is 17.1. The summed E-state index contributed by atoms with van der Waals surface area (Å²) < 4.78 is 5.96. The van der Waals surface area contributed by atoms with E-state index in [1.807, 2.05) is 18.2 Å². The molecule has 1 aromatic carbocycles. The summed E-state index contributed by atoms with van der Waals surface area (Å²) in [7, 11) is 0. The number of aromatic nitrogens is 1. The number of benzene rings is 1. The molecule has 1 atom stereocenters. The van der Waals surface area contributed by atoms with Gasteiger partial charge in [-0.2, -0.15) is 11.3 Å². The Labute approximate surface area is 170 Å². The summed E-state index contributed by atoms with van der Waals surface area (Å²) in [5, 5.41) is 7.72. The highest BCUT2D eigenvalue weighted by atomic mass is 35.5. The number of rotatable bonds is 6. The predicted octanol–water partition coefficient (Wildman–Crippen LogP) is 4.68. The van der Waals surface area contributed by atoms with Gasteiger partial charge in [0.2, 0.25) is 5.91 Å². The number of thioether (sulfide) groups is 1. The summed E-state index contributed by atoms with van der Waals surface area (Å²) in [6.07, 6.45) is 4.09. The Morgan fingerprint density at radius 3 is 2.93 bits per heavy atom. The van der Waals surface area contributed by atoms with Crippen molar-refractivity contribution >= 4 is 40.6 Å². The Balaban J connectivity index is 1.32. The number of halogens is 1. The van der Waals surface area contributed by atoms with Crippen molar-refractivity contribution in [2.24, 2.45) is 0 Å². The molecule has 138 valence electrons. The average Bonchev–Trinajstić information content (AvgIpc) is 3.35. The third-order valence-electron chi connectivity index (χ3n) is 4.25. The Morgan fingerprint density at radius 2 is 2.15 bits per heavy atom. The van der Waals surface area contributed by atoms with E-state index in [-0.39, 0.29) is 12.0 Å². The third-order valence-corrected chi connectivity index (χ3v) is 6.23. The van der Waals surface area contributed by atoms with Gasteiger partial charge in [-0.05, 0) is 52.2 Å². The van der Waals surface area contributed by atoms with Crippen LogP contribution in [0.25, 0.3) is 11.1 Å². The minimum atomic E-state index is -0.0925. The lowest BCUT2D eigenvalue weighted by Gasteiger charge is -2.12. The molecule has 1 N–H and O–H groups in total. The van der Waals surface area contributed by atoms with Crippen LogP contribution in [0.1, 0.15) is 5.56 Å². The molecule has 3 heterocycles. The molecular formula is C20H17ClN2O2S2. The Morgan fingerprint density at radius 1 is 1.30 bits per heavy atom. The molecule has 3 aromatic rings. The smallest absolute Gasteiger partial charge is 0.230 e. The molecule has 1 aliphatic heterocycles. The molecule has 0 saturated heterocycles. The van der Waals surface area contributed by atoms with Gasteiger partial charge in [-0.1, -0.05) is 11.6 Å². The highest BCUT2D eigenvalue weighted by Crippen LogP contribution is 2.39. The number of nitrogens with zero attached hydrogens (tertiary/aromatic N) is 1. The molecule has 0 aliphatic carbocycles. The number of nitrogens with one attached hydrogen (secondary N) is 1. The van der Waals surface area contributed by atoms with Gasteiger partial charge >= 0.3 is 0 Å². The van der Waals surface area contributed by atoms with Gasteiger partial charge in [0.15, 0.2) is 0 Å². The van der Waals surface area contributed by atoms with Crippen LogP contribution >= 0.6 is 34.7 Å². The van der Waals surface area contributed by atoms with E-state index in [0.29, 0.717) is 17.3 Å². The number of amides is 1. The van der Waals surface area contributed by atoms with Crippen molar-refractivity contribution in [3.05, 3.63) is 64.1 Å². The van der Waals surface area contributed by atoms with E-state index in [9.17, 15) is 4.79 Å². The first kappa shape index (κ1) is 18.3. The van der Waals surface area contributed by atoms with Gasteiger partial charge in [0, 0.05) is 29.3 Å². The molecule has 0 saturated carbocycles. The molecule has 1 unspecified atom stereocenters. The zero-order chi connectivity index (χ0) is 18.6. The number of fused-ring (bicyclic) bond motifs is 1. The largest absolute Gasteiger partial charge is 0.486 e. The van der Waals surface area contributed by atoms with Crippen molar-refractivity contribution in [2.75, 3.05) is 12.3 Å². The fourth-order valence-corrected chi connectivity index (χ4v) is 4.62. The monoisotopic (exact) mass is 416 g/mol. The molecule has 0 spiro atoms. The molecule has 7 heteroatoms. The molecule has 27 heavy (non-hydrogen) atoms. The van der Waals surface area contributed by atoms with Crippen LogP contribution in [-0.2, 0) is 11.2 Å². The van der Waals surface area contributed by atoms with Crippen LogP contribution in [0.3, 0.4) is 0 Å². The number of hydrogen-bond acceptors (Lipinski definition) is 5. The van der Waals surface area contributed by atoms with Crippen molar-refractivity contribution in [1.82, 2.24) is 10.3 Å². The topological polar surface area (TPSA) is 51.2 Å². The van der Waals surface area contributed by atoms with Crippen LogP contribution in [-0.4, -0.2) is 29.3 Å². The maximum absolute atomic E-state index is 12.1. The Hall–Kier alpha value is -2.02. The van der Waals surface area contributed by atoms with Crippen LogP contribution in [0.4, 0.5) is 0 Å². The second kappa shape index (κ2) is 8.33. The van der Waals surface area contributed by atoms with E-state index in [1.54, 1.807) is 23.7 Å². The predicted molar refractivity (Wildman–Crippen MR) is 111 cm³/mol. The summed E-state index contributed by atoms with van der Waals surface area (Å²) in [6.45, 7) is 0.467. The summed E-state index contributed by atoms with van der Waals surface area (Å²) in [5.41, 5.74) is 3.35.